The molecule has 5 unspecified atom stereocenters. The van der Waals surface area contributed by atoms with Crippen molar-refractivity contribution in [2.24, 2.45) is 17.6 Å². The Kier molecular flexibility index (Phi) is 8.08. The second-order valence-corrected chi connectivity index (χ2v) is 11.4. The summed E-state index contributed by atoms with van der Waals surface area (Å²) in [5, 5.41) is 62.2. The Bertz CT molecular complexity index is 1470. The number of carbonyl (C=O) groups is 4. The van der Waals surface area contributed by atoms with Gasteiger partial charge < -0.3 is 41.9 Å². The average Bonchev–Trinajstić information content (AvgIpc) is 2.89. The lowest BCUT2D eigenvalue weighted by Gasteiger charge is -2.53. The van der Waals surface area contributed by atoms with Crippen molar-refractivity contribution in [2.45, 2.75) is 44.4 Å². The molecule has 226 valence electrons. The molecule has 13 heteroatoms. The number of nitrogens with two attached hydrogens (primary N) is 1. The molecule has 0 aromatic heterocycles. The Balaban J connectivity index is 1.81. The van der Waals surface area contributed by atoms with Crippen LogP contribution in [0.15, 0.2) is 46.4 Å². The van der Waals surface area contributed by atoms with Crippen LogP contribution in [0.5, 0.6) is 5.75 Å². The van der Waals surface area contributed by atoms with Gasteiger partial charge >= 0.3 is 0 Å². The Morgan fingerprint density at radius 1 is 1.14 bits per heavy atom. The maximum atomic E-state index is 13.9. The number of benzene rings is 1. The molecule has 4 rings (SSSR count). The van der Waals surface area contributed by atoms with Crippen LogP contribution in [0.3, 0.4) is 0 Å². The summed E-state index contributed by atoms with van der Waals surface area (Å²) in [5.41, 5.74) is 1.83. The molecule has 13 nitrogen and oxygen atoms in total. The van der Waals surface area contributed by atoms with E-state index in [0.29, 0.717) is 12.1 Å². The Labute approximate surface area is 242 Å². The molecule has 0 saturated carbocycles. The fourth-order valence-corrected chi connectivity index (χ4v) is 6.38. The highest BCUT2D eigenvalue weighted by molar-refractivity contribution is 6.25. The lowest BCUT2D eigenvalue weighted by atomic mass is 9.55. The van der Waals surface area contributed by atoms with Gasteiger partial charge in [-0.15, -0.1) is 0 Å². The van der Waals surface area contributed by atoms with E-state index >= 15 is 0 Å². The number of aliphatic hydroxyl groups excluding tert-OH is 3. The molecule has 6 atom stereocenters. The summed E-state index contributed by atoms with van der Waals surface area (Å²) in [6.45, 7) is 5.81. The average molecular weight is 585 g/mol. The smallest absolute Gasteiger partial charge is 0.255 e. The molecule has 0 radical (unpaired) electrons. The summed E-state index contributed by atoms with van der Waals surface area (Å²) in [4.78, 5) is 53.3. The predicted molar refractivity (Wildman–Crippen MR) is 151 cm³/mol. The molecule has 2 amide bonds. The van der Waals surface area contributed by atoms with Gasteiger partial charge in [-0.05, 0) is 45.5 Å². The Hall–Kier alpha value is -4.04. The van der Waals surface area contributed by atoms with Crippen molar-refractivity contribution in [1.29, 1.82) is 0 Å². The quantitative estimate of drug-likeness (QED) is 0.0932. The van der Waals surface area contributed by atoms with Crippen LogP contribution in [-0.2, 0) is 14.4 Å². The summed E-state index contributed by atoms with van der Waals surface area (Å²) in [6, 6.07) is 1.57. The molecule has 0 heterocycles. The molecule has 0 bridgehead atoms. The predicted octanol–water partition coefficient (Wildman–Crippen LogP) is 0.147. The first kappa shape index (κ1) is 30.9. The summed E-state index contributed by atoms with van der Waals surface area (Å²) < 4.78 is 0. The van der Waals surface area contributed by atoms with Crippen molar-refractivity contribution in [3.05, 3.63) is 57.6 Å². The monoisotopic (exact) mass is 584 g/mol. The molecule has 1 aromatic rings. The van der Waals surface area contributed by atoms with Gasteiger partial charge in [-0.3, -0.25) is 24.1 Å². The van der Waals surface area contributed by atoms with Gasteiger partial charge in [-0.1, -0.05) is 24.6 Å². The SMILES string of the molecule is CC(C)=CCNCC(=O)Nc1ccc2c(c1O)C(=O)C1=C(O)C3(O)C(=O)C(C(N)=O)=C(O)[C@@H](N(C)C)C3C(O)C1C2C. The zero-order valence-corrected chi connectivity index (χ0v) is 23.9. The van der Waals surface area contributed by atoms with E-state index in [0.717, 1.165) is 5.57 Å². The van der Waals surface area contributed by atoms with Gasteiger partial charge in [0.25, 0.3) is 5.91 Å². The van der Waals surface area contributed by atoms with Crippen molar-refractivity contribution in [1.82, 2.24) is 10.2 Å². The number of aromatic hydroxyl groups is 1. The number of likely N-dealkylation sites (N-methyl/N-ethyl adjacent to an activating group) is 1. The highest BCUT2D eigenvalue weighted by Crippen LogP contribution is 2.56. The largest absolute Gasteiger partial charge is 0.510 e. The number of allylic oxidation sites excluding steroid dienone is 1. The molecule has 3 aliphatic carbocycles. The summed E-state index contributed by atoms with van der Waals surface area (Å²) in [7, 11) is 2.93. The van der Waals surface area contributed by atoms with Gasteiger partial charge in [0, 0.05) is 18.0 Å². The Morgan fingerprint density at radius 2 is 1.79 bits per heavy atom. The second-order valence-electron chi connectivity index (χ2n) is 11.4. The van der Waals surface area contributed by atoms with Crippen LogP contribution in [0, 0.1) is 11.8 Å². The third-order valence-electron chi connectivity index (χ3n) is 8.35. The fourth-order valence-electron chi connectivity index (χ4n) is 6.38. The summed E-state index contributed by atoms with van der Waals surface area (Å²) in [6.07, 6.45) is 0.202. The Morgan fingerprint density at radius 3 is 2.36 bits per heavy atom. The van der Waals surface area contributed by atoms with Crippen molar-refractivity contribution >= 4 is 29.1 Å². The van der Waals surface area contributed by atoms with Crippen molar-refractivity contribution in [3.8, 4) is 5.75 Å². The van der Waals surface area contributed by atoms with Gasteiger partial charge in [0.2, 0.25) is 11.7 Å². The van der Waals surface area contributed by atoms with Gasteiger partial charge in [-0.25, -0.2) is 0 Å². The van der Waals surface area contributed by atoms with E-state index in [4.69, 9.17) is 5.73 Å². The number of nitrogens with zero attached hydrogens (tertiary/aromatic N) is 1. The number of phenolic OH excluding ortho intramolecular Hbond substituents is 1. The van der Waals surface area contributed by atoms with E-state index in [1.54, 1.807) is 6.92 Å². The summed E-state index contributed by atoms with van der Waals surface area (Å²) in [5.74, 6) is -10.3. The molecule has 0 aliphatic heterocycles. The van der Waals surface area contributed by atoms with E-state index in [-0.39, 0.29) is 17.8 Å². The number of ketones is 2. The van der Waals surface area contributed by atoms with Crippen molar-refractivity contribution in [2.75, 3.05) is 32.5 Å². The van der Waals surface area contributed by atoms with Gasteiger partial charge in [-0.2, -0.15) is 0 Å². The molecule has 1 aromatic carbocycles. The van der Waals surface area contributed by atoms with E-state index in [9.17, 15) is 44.7 Å². The van der Waals surface area contributed by atoms with Crippen LogP contribution in [-0.4, -0.2) is 98.7 Å². The number of phenols is 1. The summed E-state index contributed by atoms with van der Waals surface area (Å²) >= 11 is 0. The first-order chi connectivity index (χ1) is 19.6. The number of hydrogen-bond acceptors (Lipinski definition) is 11. The zero-order valence-electron chi connectivity index (χ0n) is 23.9. The number of anilines is 1. The van der Waals surface area contributed by atoms with Gasteiger partial charge in [0.15, 0.2) is 17.1 Å². The lowest BCUT2D eigenvalue weighted by molar-refractivity contribution is -0.162. The number of rotatable bonds is 7. The molecule has 42 heavy (non-hydrogen) atoms. The molecule has 0 saturated heterocycles. The topological polar surface area (TPSA) is 223 Å². The third kappa shape index (κ3) is 4.58. The van der Waals surface area contributed by atoms with E-state index in [1.165, 1.54) is 31.1 Å². The minimum Gasteiger partial charge on any atom is -0.510 e. The molecule has 0 spiro atoms. The minimum absolute atomic E-state index is 0.0833. The normalized spacial score (nSPS) is 28.7. The first-order valence-corrected chi connectivity index (χ1v) is 13.4. The number of Topliss-reactive ketones (excluding diaryl/α,β-unsaturated/α-hetero) is 2. The van der Waals surface area contributed by atoms with E-state index in [2.05, 4.69) is 10.6 Å². The fraction of sp³-hybridized carbons (Fsp3) is 0.448. The molecular weight excluding hydrogens is 548 g/mol. The van der Waals surface area contributed by atoms with Crippen molar-refractivity contribution < 1.29 is 44.7 Å². The minimum atomic E-state index is -3.00. The maximum absolute atomic E-state index is 13.9. The van der Waals surface area contributed by atoms with Gasteiger partial charge in [0.1, 0.15) is 17.1 Å². The molecule has 9 N–H and O–H groups in total. The number of nitrogens with one attached hydrogen (secondary N) is 2. The maximum Gasteiger partial charge on any atom is 0.255 e. The number of hydrogen-bond donors (Lipinski definition) is 8. The first-order valence-electron chi connectivity index (χ1n) is 13.4. The number of carbonyl (C=O) groups excluding carboxylic acids is 4. The van der Waals surface area contributed by atoms with Crippen LogP contribution in [0.4, 0.5) is 5.69 Å². The van der Waals surface area contributed by atoms with E-state index in [1.807, 2.05) is 19.9 Å². The molecule has 3 aliphatic rings. The van der Waals surface area contributed by atoms with Gasteiger partial charge in [0.05, 0.1) is 35.9 Å². The third-order valence-corrected chi connectivity index (χ3v) is 8.35. The van der Waals surface area contributed by atoms with Crippen molar-refractivity contribution in [3.63, 3.8) is 0 Å². The highest BCUT2D eigenvalue weighted by atomic mass is 16.4. The van der Waals surface area contributed by atoms with Crippen LogP contribution in [0.2, 0.25) is 0 Å². The van der Waals surface area contributed by atoms with Crippen LogP contribution >= 0.6 is 0 Å². The number of fused-ring (bicyclic) bond motifs is 3. The molecular formula is C29H36N4O9. The molecule has 0 fully saturated rings. The standard InChI is InChI=1S/C29H36N4O9/c1-11(2)8-9-31-10-15(34)32-14-7-6-13-12(3)16-18(23(36)17(13)22(14)35)26(39)29(42)20(24(16)37)21(33(4)5)25(38)19(27(29)40)28(30)41/h6-8,12,16,20-21,24,31,35,37-39,42H,9-10H2,1-5H3,(H2,30,41)(H,32,34)/t12?,16?,20?,21-,24?,29?/m0/s1. The number of primary amides is 1. The van der Waals surface area contributed by atoms with Crippen LogP contribution in [0.1, 0.15) is 42.6 Å². The lowest BCUT2D eigenvalue weighted by Crippen LogP contribution is -2.68. The zero-order chi connectivity index (χ0) is 31.4. The second kappa shape index (κ2) is 11.0. The van der Waals surface area contributed by atoms with Crippen LogP contribution < -0.4 is 16.4 Å². The number of amides is 2. The number of aliphatic hydroxyl groups is 4. The van der Waals surface area contributed by atoms with E-state index < -0.39 is 87.3 Å². The highest BCUT2D eigenvalue weighted by Gasteiger charge is 2.67. The van der Waals surface area contributed by atoms with Crippen LogP contribution in [0.25, 0.3) is 0 Å².